The molecule has 2 atom stereocenters. The third-order valence-corrected chi connectivity index (χ3v) is 10.9. The largest absolute Gasteiger partial charge is 0.383 e. The zero-order valence-electron chi connectivity index (χ0n) is 34.7. The van der Waals surface area contributed by atoms with Gasteiger partial charge < -0.3 is 39.9 Å². The standard InChI is InChI=1S/C44H52N8O10/c1-28-3-2-16-51(28)27-38-48-35-11-9-32(26-36(35)49-38)47-41(55)30-6-4-29(5-7-30)40(54)46-15-18-60-20-22-62-24-23-61-21-19-59-17-14-45-31-8-10-33-34(25-31)44(58)52(43(33)57)37-12-13-39(53)50-42(37)56/h4-11,25-26,28,37,45H,2-3,12-24,27H2,1H3,(H,46,54)(H,47,55)(H,48,49)(H,50,53,56)/t28-,37?/m0/s1. The van der Waals surface area contributed by atoms with Gasteiger partial charge in [0.25, 0.3) is 23.6 Å². The Labute approximate surface area is 358 Å². The second kappa shape index (κ2) is 21.2. The molecule has 2 saturated heterocycles. The molecule has 0 bridgehead atoms. The van der Waals surface area contributed by atoms with Crippen LogP contribution < -0.4 is 21.3 Å². The molecule has 4 aromatic rings. The van der Waals surface area contributed by atoms with Crippen molar-refractivity contribution < 1.29 is 47.7 Å². The lowest BCUT2D eigenvalue weighted by Crippen LogP contribution is -2.54. The molecule has 62 heavy (non-hydrogen) atoms. The van der Waals surface area contributed by atoms with Crippen molar-refractivity contribution in [3.63, 3.8) is 0 Å². The second-order valence-electron chi connectivity index (χ2n) is 15.2. The number of likely N-dealkylation sites (tertiary alicyclic amines) is 1. The maximum Gasteiger partial charge on any atom is 0.262 e. The minimum absolute atomic E-state index is 0.0635. The molecule has 0 radical (unpaired) electrons. The monoisotopic (exact) mass is 852 g/mol. The smallest absolute Gasteiger partial charge is 0.262 e. The van der Waals surface area contributed by atoms with Crippen LogP contribution in [0.25, 0.3) is 11.0 Å². The Hall–Kier alpha value is -6.05. The molecule has 3 aromatic carbocycles. The fourth-order valence-electron chi connectivity index (χ4n) is 7.56. The van der Waals surface area contributed by atoms with Gasteiger partial charge >= 0.3 is 0 Å². The number of nitrogens with zero attached hydrogens (tertiary/aromatic N) is 3. The van der Waals surface area contributed by atoms with Gasteiger partial charge in [-0.05, 0) is 93.4 Å². The number of aromatic nitrogens is 2. The Bertz CT molecular complexity index is 2260. The summed E-state index contributed by atoms with van der Waals surface area (Å²) in [7, 11) is 0. The van der Waals surface area contributed by atoms with E-state index >= 15 is 0 Å². The van der Waals surface area contributed by atoms with Crippen LogP contribution in [0.3, 0.4) is 0 Å². The molecule has 3 aliphatic heterocycles. The van der Waals surface area contributed by atoms with Crippen LogP contribution >= 0.6 is 0 Å². The number of imidazole rings is 1. The number of fused-ring (bicyclic) bond motifs is 2. The lowest BCUT2D eigenvalue weighted by Gasteiger charge is -2.27. The van der Waals surface area contributed by atoms with Crippen molar-refractivity contribution in [3.05, 3.63) is 88.7 Å². The molecule has 2 fully saturated rings. The van der Waals surface area contributed by atoms with E-state index in [1.807, 2.05) is 18.2 Å². The molecule has 18 nitrogen and oxygen atoms in total. The highest BCUT2D eigenvalue weighted by molar-refractivity contribution is 6.23. The van der Waals surface area contributed by atoms with Crippen molar-refractivity contribution in [2.24, 2.45) is 0 Å². The number of H-pyrrole nitrogens is 1. The van der Waals surface area contributed by atoms with Gasteiger partial charge in [-0.2, -0.15) is 0 Å². The number of hydrogen-bond donors (Lipinski definition) is 5. The van der Waals surface area contributed by atoms with Crippen molar-refractivity contribution in [3.8, 4) is 0 Å². The maximum absolute atomic E-state index is 13.0. The van der Waals surface area contributed by atoms with Crippen LogP contribution in [0.2, 0.25) is 0 Å². The van der Waals surface area contributed by atoms with Gasteiger partial charge in [0.2, 0.25) is 11.8 Å². The van der Waals surface area contributed by atoms with E-state index in [1.54, 1.807) is 42.5 Å². The van der Waals surface area contributed by atoms with Crippen molar-refractivity contribution in [2.75, 3.05) is 83.1 Å². The zero-order chi connectivity index (χ0) is 43.4. The first-order valence-corrected chi connectivity index (χ1v) is 21.0. The summed E-state index contributed by atoms with van der Waals surface area (Å²) in [6.45, 7) is 7.79. The molecule has 328 valence electrons. The summed E-state index contributed by atoms with van der Waals surface area (Å²) < 4.78 is 22.2. The van der Waals surface area contributed by atoms with E-state index in [0.717, 1.165) is 34.8 Å². The highest BCUT2D eigenvalue weighted by Gasteiger charge is 2.44. The van der Waals surface area contributed by atoms with Crippen LogP contribution in [0, 0.1) is 0 Å². The molecule has 0 aliphatic carbocycles. The number of amides is 6. The zero-order valence-corrected chi connectivity index (χ0v) is 34.7. The molecule has 6 amide bonds. The van der Waals surface area contributed by atoms with Gasteiger partial charge in [-0.1, -0.05) is 0 Å². The normalized spacial score (nSPS) is 17.7. The number of anilines is 2. The molecular weight excluding hydrogens is 801 g/mol. The number of rotatable bonds is 22. The molecular formula is C44H52N8O10. The average Bonchev–Trinajstić information content (AvgIpc) is 3.94. The molecule has 7 rings (SSSR count). The Morgan fingerprint density at radius 1 is 0.742 bits per heavy atom. The number of aromatic amines is 1. The van der Waals surface area contributed by atoms with Crippen LogP contribution in [0.4, 0.5) is 11.4 Å². The Kier molecular flexibility index (Phi) is 15.0. The van der Waals surface area contributed by atoms with Gasteiger partial charge in [0.15, 0.2) is 0 Å². The molecule has 4 heterocycles. The topological polar surface area (TPSA) is 223 Å². The number of hydrogen-bond acceptors (Lipinski definition) is 13. The van der Waals surface area contributed by atoms with Crippen molar-refractivity contribution in [1.29, 1.82) is 0 Å². The minimum Gasteiger partial charge on any atom is -0.383 e. The third-order valence-electron chi connectivity index (χ3n) is 10.9. The van der Waals surface area contributed by atoms with Crippen molar-refractivity contribution >= 4 is 57.9 Å². The number of benzene rings is 3. The molecule has 0 saturated carbocycles. The molecule has 5 N–H and O–H groups in total. The van der Waals surface area contributed by atoms with Gasteiger partial charge in [-0.3, -0.25) is 43.9 Å². The van der Waals surface area contributed by atoms with E-state index in [-0.39, 0.29) is 35.8 Å². The highest BCUT2D eigenvalue weighted by Crippen LogP contribution is 2.29. The average molecular weight is 853 g/mol. The fraction of sp³-hybridized carbons (Fsp3) is 0.432. The predicted octanol–water partition coefficient (Wildman–Crippen LogP) is 3.11. The SMILES string of the molecule is C[C@H]1CCCN1Cc1nc2cc(NC(=O)c3ccc(C(=O)NCCOCCOCCOCCOCCNc4ccc5c(c4)C(=O)N(C4CCC(=O)NC4=O)C5=O)cc3)ccc2[nH]1. The van der Waals surface area contributed by atoms with Crippen LogP contribution in [0.5, 0.6) is 0 Å². The van der Waals surface area contributed by atoms with Gasteiger partial charge in [-0.15, -0.1) is 0 Å². The number of carbonyl (C=O) groups is 6. The summed E-state index contributed by atoms with van der Waals surface area (Å²) in [4.78, 5) is 86.6. The summed E-state index contributed by atoms with van der Waals surface area (Å²) >= 11 is 0. The van der Waals surface area contributed by atoms with Crippen LogP contribution in [0.1, 0.15) is 79.9 Å². The number of ether oxygens (including phenoxy) is 4. The highest BCUT2D eigenvalue weighted by atomic mass is 16.6. The molecule has 1 unspecified atom stereocenters. The number of nitrogens with one attached hydrogen (secondary N) is 5. The predicted molar refractivity (Wildman–Crippen MR) is 227 cm³/mol. The summed E-state index contributed by atoms with van der Waals surface area (Å²) in [5.41, 5.74) is 4.27. The minimum atomic E-state index is -1.01. The summed E-state index contributed by atoms with van der Waals surface area (Å²) in [6.07, 6.45) is 2.58. The molecule has 0 spiro atoms. The first-order chi connectivity index (χ1) is 30.1. The first-order valence-electron chi connectivity index (χ1n) is 21.0. The van der Waals surface area contributed by atoms with Crippen molar-refractivity contribution in [1.82, 2.24) is 30.4 Å². The lowest BCUT2D eigenvalue weighted by molar-refractivity contribution is -0.136. The first kappa shape index (κ1) is 44.0. The van der Waals surface area contributed by atoms with Gasteiger partial charge in [0.1, 0.15) is 11.9 Å². The summed E-state index contributed by atoms with van der Waals surface area (Å²) in [6, 6.07) is 16.4. The number of carbonyl (C=O) groups excluding carboxylic acids is 6. The molecule has 18 heteroatoms. The van der Waals surface area contributed by atoms with Gasteiger partial charge in [-0.25, -0.2) is 4.98 Å². The second-order valence-corrected chi connectivity index (χ2v) is 15.2. The van der Waals surface area contributed by atoms with Crippen LogP contribution in [-0.4, -0.2) is 140 Å². The number of imide groups is 2. The Balaban J connectivity index is 0.680. The number of piperidine rings is 1. The van der Waals surface area contributed by atoms with Gasteiger partial charge in [0.05, 0.1) is 81.6 Å². The van der Waals surface area contributed by atoms with E-state index in [4.69, 9.17) is 23.9 Å². The van der Waals surface area contributed by atoms with Crippen LogP contribution in [-0.2, 0) is 35.1 Å². The van der Waals surface area contributed by atoms with E-state index in [1.165, 1.54) is 12.8 Å². The van der Waals surface area contributed by atoms with Crippen molar-refractivity contribution in [2.45, 2.75) is 51.2 Å². The summed E-state index contributed by atoms with van der Waals surface area (Å²) in [5.74, 6) is -1.81. The van der Waals surface area contributed by atoms with Crippen LogP contribution in [0.15, 0.2) is 60.7 Å². The fourth-order valence-corrected chi connectivity index (χ4v) is 7.56. The Morgan fingerprint density at radius 2 is 1.39 bits per heavy atom. The lowest BCUT2D eigenvalue weighted by atomic mass is 10.0. The van der Waals surface area contributed by atoms with E-state index in [2.05, 4.69) is 38.1 Å². The maximum atomic E-state index is 13.0. The Morgan fingerprint density at radius 3 is 2.06 bits per heavy atom. The van der Waals surface area contributed by atoms with E-state index < -0.39 is 29.7 Å². The van der Waals surface area contributed by atoms with Gasteiger partial charge in [0, 0.05) is 48.1 Å². The molecule has 3 aliphatic rings. The van der Waals surface area contributed by atoms with E-state index in [0.29, 0.717) is 94.5 Å². The summed E-state index contributed by atoms with van der Waals surface area (Å²) in [5, 5.41) is 11.1. The van der Waals surface area contributed by atoms with E-state index in [9.17, 15) is 28.8 Å². The third kappa shape index (κ3) is 11.3. The quantitative estimate of drug-likeness (QED) is 0.0568. The molecule has 1 aromatic heterocycles.